The van der Waals surface area contributed by atoms with Gasteiger partial charge in [0.25, 0.3) is 10.0 Å². The number of imidazole rings is 1. The van der Waals surface area contributed by atoms with Gasteiger partial charge in [-0.05, 0) is 19.1 Å². The number of aldehydes is 1. The summed E-state index contributed by atoms with van der Waals surface area (Å²) in [5.41, 5.74) is 1.06. The maximum Gasteiger partial charge on any atom is 0.268 e. The van der Waals surface area contributed by atoms with Gasteiger partial charge < -0.3 is 0 Å². The third kappa shape index (κ3) is 2.12. The molecule has 1 heterocycles. The molecule has 2 aromatic rings. The quantitative estimate of drug-likeness (QED) is 0.768. The first-order valence-corrected chi connectivity index (χ1v) is 6.29. The third-order valence-corrected chi connectivity index (χ3v) is 3.92. The molecule has 0 N–H and O–H groups in total. The molecule has 0 bridgehead atoms. The average Bonchev–Trinajstić information content (AvgIpc) is 2.78. The molecule has 0 atom stereocenters. The molecule has 0 aliphatic carbocycles. The van der Waals surface area contributed by atoms with Crippen LogP contribution in [0.4, 0.5) is 0 Å². The standard InChI is InChI=1S/C11H10N2O3S/c1-9-2-4-11(5-3-9)17(15,16)13-6-10(7-14)12-8-13/h2-8H,1H3. The predicted octanol–water partition coefficient (Wildman–Crippen LogP) is 1.24. The van der Waals surface area contributed by atoms with Crippen molar-refractivity contribution < 1.29 is 13.2 Å². The molecule has 6 heteroatoms. The van der Waals surface area contributed by atoms with Crippen molar-refractivity contribution in [2.45, 2.75) is 11.8 Å². The molecule has 5 nitrogen and oxygen atoms in total. The minimum atomic E-state index is -3.65. The first-order valence-electron chi connectivity index (χ1n) is 4.85. The van der Waals surface area contributed by atoms with Gasteiger partial charge in [0.1, 0.15) is 12.0 Å². The van der Waals surface area contributed by atoms with Crippen molar-refractivity contribution in [1.29, 1.82) is 0 Å². The van der Waals surface area contributed by atoms with Crippen LogP contribution in [0.15, 0.2) is 41.7 Å². The average molecular weight is 250 g/mol. The van der Waals surface area contributed by atoms with E-state index < -0.39 is 10.0 Å². The van der Waals surface area contributed by atoms with Crippen molar-refractivity contribution in [2.24, 2.45) is 0 Å². The highest BCUT2D eigenvalue weighted by atomic mass is 32.2. The Labute approximate surface area is 98.8 Å². The molecule has 0 saturated carbocycles. The Morgan fingerprint density at radius 1 is 1.24 bits per heavy atom. The van der Waals surface area contributed by atoms with Crippen LogP contribution in [0.1, 0.15) is 16.1 Å². The second-order valence-electron chi connectivity index (χ2n) is 3.56. The van der Waals surface area contributed by atoms with Gasteiger partial charge in [-0.2, -0.15) is 0 Å². The van der Waals surface area contributed by atoms with Crippen molar-refractivity contribution in [3.63, 3.8) is 0 Å². The van der Waals surface area contributed by atoms with E-state index in [2.05, 4.69) is 4.98 Å². The van der Waals surface area contributed by atoms with E-state index in [1.165, 1.54) is 18.3 Å². The van der Waals surface area contributed by atoms with Crippen molar-refractivity contribution in [2.75, 3.05) is 0 Å². The topological polar surface area (TPSA) is 69.0 Å². The number of rotatable bonds is 3. The maximum atomic E-state index is 12.1. The number of aryl methyl sites for hydroxylation is 1. The SMILES string of the molecule is Cc1ccc(S(=O)(=O)n2cnc(C=O)c2)cc1. The van der Waals surface area contributed by atoms with Crippen LogP contribution in [-0.4, -0.2) is 23.7 Å². The summed E-state index contributed by atoms with van der Waals surface area (Å²) in [6.07, 6.45) is 2.79. The van der Waals surface area contributed by atoms with Crippen molar-refractivity contribution in [3.8, 4) is 0 Å². The van der Waals surface area contributed by atoms with Crippen LogP contribution in [0.2, 0.25) is 0 Å². The lowest BCUT2D eigenvalue weighted by molar-refractivity contribution is 0.111. The summed E-state index contributed by atoms with van der Waals surface area (Å²) in [4.78, 5) is 14.3. The van der Waals surface area contributed by atoms with Gasteiger partial charge in [0.05, 0.1) is 11.1 Å². The first kappa shape index (κ1) is 11.5. The summed E-state index contributed by atoms with van der Waals surface area (Å²) < 4.78 is 25.1. The normalized spacial score (nSPS) is 11.4. The summed E-state index contributed by atoms with van der Waals surface area (Å²) in [5.74, 6) is 0. The lowest BCUT2D eigenvalue weighted by Crippen LogP contribution is -2.10. The van der Waals surface area contributed by atoms with Gasteiger partial charge in [-0.25, -0.2) is 17.4 Å². The van der Waals surface area contributed by atoms with Crippen LogP contribution in [-0.2, 0) is 10.0 Å². The van der Waals surface area contributed by atoms with Gasteiger partial charge in [-0.1, -0.05) is 17.7 Å². The molecule has 0 unspecified atom stereocenters. The Hall–Kier alpha value is -1.95. The minimum absolute atomic E-state index is 0.0840. The molecule has 17 heavy (non-hydrogen) atoms. The largest absolute Gasteiger partial charge is 0.296 e. The number of aromatic nitrogens is 2. The maximum absolute atomic E-state index is 12.1. The van der Waals surface area contributed by atoms with Gasteiger partial charge in [0.15, 0.2) is 6.29 Å². The van der Waals surface area contributed by atoms with Crippen molar-refractivity contribution in [3.05, 3.63) is 48.0 Å². The summed E-state index contributed by atoms with van der Waals surface area (Å²) >= 11 is 0. The van der Waals surface area contributed by atoms with Crippen LogP contribution < -0.4 is 0 Å². The number of benzene rings is 1. The zero-order valence-electron chi connectivity index (χ0n) is 9.07. The van der Waals surface area contributed by atoms with Crippen LogP contribution in [0.3, 0.4) is 0 Å². The third-order valence-electron chi connectivity index (χ3n) is 2.30. The highest BCUT2D eigenvalue weighted by Crippen LogP contribution is 2.14. The molecule has 0 fully saturated rings. The fourth-order valence-electron chi connectivity index (χ4n) is 1.34. The van der Waals surface area contributed by atoms with Crippen molar-refractivity contribution in [1.82, 2.24) is 8.96 Å². The minimum Gasteiger partial charge on any atom is -0.296 e. The number of nitrogens with zero attached hydrogens (tertiary/aromatic N) is 2. The smallest absolute Gasteiger partial charge is 0.268 e. The second kappa shape index (κ2) is 4.14. The van der Waals surface area contributed by atoms with E-state index in [0.717, 1.165) is 15.9 Å². The van der Waals surface area contributed by atoms with E-state index in [1.807, 2.05) is 6.92 Å². The molecular weight excluding hydrogens is 240 g/mol. The van der Waals surface area contributed by atoms with Crippen LogP contribution >= 0.6 is 0 Å². The highest BCUT2D eigenvalue weighted by Gasteiger charge is 2.16. The van der Waals surface area contributed by atoms with Crippen molar-refractivity contribution >= 4 is 16.3 Å². The van der Waals surface area contributed by atoms with Gasteiger partial charge in [0, 0.05) is 0 Å². The Morgan fingerprint density at radius 2 is 1.88 bits per heavy atom. The molecular formula is C11H10N2O3S. The molecule has 0 aliphatic heterocycles. The van der Waals surface area contributed by atoms with E-state index in [9.17, 15) is 13.2 Å². The molecule has 0 radical (unpaired) electrons. The summed E-state index contributed by atoms with van der Waals surface area (Å²) in [5, 5.41) is 0. The van der Waals surface area contributed by atoms with E-state index in [-0.39, 0.29) is 10.6 Å². The van der Waals surface area contributed by atoms with Crippen LogP contribution in [0.25, 0.3) is 0 Å². The van der Waals surface area contributed by atoms with E-state index in [1.54, 1.807) is 12.1 Å². The predicted molar refractivity (Wildman–Crippen MR) is 61.4 cm³/mol. The Morgan fingerprint density at radius 3 is 2.41 bits per heavy atom. The lowest BCUT2D eigenvalue weighted by atomic mass is 10.2. The summed E-state index contributed by atoms with van der Waals surface area (Å²) in [6, 6.07) is 6.46. The molecule has 1 aromatic heterocycles. The molecule has 1 aromatic carbocycles. The van der Waals surface area contributed by atoms with E-state index in [4.69, 9.17) is 0 Å². The van der Waals surface area contributed by atoms with Crippen LogP contribution in [0, 0.1) is 6.92 Å². The number of carbonyl (C=O) groups excluding carboxylic acids is 1. The Kier molecular flexibility index (Phi) is 2.81. The fourth-order valence-corrected chi connectivity index (χ4v) is 2.49. The zero-order valence-corrected chi connectivity index (χ0v) is 9.89. The molecule has 88 valence electrons. The van der Waals surface area contributed by atoms with Gasteiger partial charge >= 0.3 is 0 Å². The van der Waals surface area contributed by atoms with Crippen LogP contribution in [0.5, 0.6) is 0 Å². The molecule has 0 spiro atoms. The van der Waals surface area contributed by atoms with E-state index >= 15 is 0 Å². The molecule has 0 amide bonds. The Balaban J connectivity index is 2.49. The number of carbonyl (C=O) groups is 1. The van der Waals surface area contributed by atoms with Gasteiger partial charge in [0.2, 0.25) is 0 Å². The van der Waals surface area contributed by atoms with Gasteiger partial charge in [-0.15, -0.1) is 0 Å². The fraction of sp³-hybridized carbons (Fsp3) is 0.0909. The molecule has 0 aliphatic rings. The summed E-state index contributed by atoms with van der Waals surface area (Å²) in [7, 11) is -3.65. The van der Waals surface area contributed by atoms with E-state index in [0.29, 0.717) is 6.29 Å². The monoisotopic (exact) mass is 250 g/mol. The second-order valence-corrected chi connectivity index (χ2v) is 5.41. The Bertz CT molecular complexity index is 642. The summed E-state index contributed by atoms with van der Waals surface area (Å²) in [6.45, 7) is 1.87. The molecule has 0 saturated heterocycles. The zero-order chi connectivity index (χ0) is 12.5. The highest BCUT2D eigenvalue weighted by molar-refractivity contribution is 7.90. The molecule has 2 rings (SSSR count). The van der Waals surface area contributed by atoms with Gasteiger partial charge in [-0.3, -0.25) is 4.79 Å². The number of hydrogen-bond donors (Lipinski definition) is 0. The lowest BCUT2D eigenvalue weighted by Gasteiger charge is -2.04. The first-order chi connectivity index (χ1) is 8.04. The number of hydrogen-bond acceptors (Lipinski definition) is 4.